The number of hydrogen-bond acceptors (Lipinski definition) is 3. The molecule has 0 atom stereocenters. The second kappa shape index (κ2) is 6.30. The van der Waals surface area contributed by atoms with Gasteiger partial charge in [-0.05, 0) is 13.0 Å². The van der Waals surface area contributed by atoms with Gasteiger partial charge in [0.2, 0.25) is 17.7 Å². The van der Waals surface area contributed by atoms with Gasteiger partial charge in [-0.2, -0.15) is 0 Å². The number of rotatable bonds is 5. The van der Waals surface area contributed by atoms with E-state index in [0.717, 1.165) is 5.76 Å². The number of anilines is 1. The first kappa shape index (κ1) is 13.6. The van der Waals surface area contributed by atoms with Crippen LogP contribution in [0.25, 0.3) is 0 Å². The summed E-state index contributed by atoms with van der Waals surface area (Å²) >= 11 is 5.31. The van der Waals surface area contributed by atoms with E-state index >= 15 is 0 Å². The Hall–Kier alpha value is -1.49. The topological polar surface area (TPSA) is 62.6 Å². The molecule has 6 heteroatoms. The average Bonchev–Trinajstić information content (AvgIpc) is 2.74. The van der Waals surface area contributed by atoms with E-state index in [0.29, 0.717) is 5.88 Å². The van der Waals surface area contributed by atoms with Crippen molar-refractivity contribution in [3.05, 3.63) is 17.9 Å². The zero-order valence-electron chi connectivity index (χ0n) is 9.83. The molecule has 0 radical (unpaired) electrons. The maximum absolute atomic E-state index is 11.7. The van der Waals surface area contributed by atoms with Gasteiger partial charge in [0.1, 0.15) is 11.6 Å². The summed E-state index contributed by atoms with van der Waals surface area (Å²) in [6.45, 7) is 2.08. The van der Waals surface area contributed by atoms with E-state index in [1.807, 2.05) is 6.92 Å². The lowest BCUT2D eigenvalue weighted by atomic mass is 10.3. The number of aryl methyl sites for hydroxylation is 1. The molecule has 1 aromatic heterocycles. The van der Waals surface area contributed by atoms with Gasteiger partial charge < -0.3 is 9.73 Å². The quantitative estimate of drug-likeness (QED) is 0.810. The largest absolute Gasteiger partial charge is 0.445 e. The van der Waals surface area contributed by atoms with Crippen LogP contribution in [-0.4, -0.2) is 31.3 Å². The zero-order valence-corrected chi connectivity index (χ0v) is 10.6. The molecule has 94 valence electrons. The molecule has 0 saturated heterocycles. The number of halogens is 1. The number of carbonyl (C=O) groups is 2. The fraction of sp³-hybridized carbons (Fsp3) is 0.455. The summed E-state index contributed by atoms with van der Waals surface area (Å²) in [4.78, 5) is 24.0. The van der Waals surface area contributed by atoms with Crippen molar-refractivity contribution in [1.82, 2.24) is 5.32 Å². The van der Waals surface area contributed by atoms with Gasteiger partial charge in [-0.1, -0.05) is 0 Å². The third-order valence-electron chi connectivity index (χ3n) is 2.21. The molecular formula is C11H15ClN2O3. The highest BCUT2D eigenvalue weighted by atomic mass is 35.5. The van der Waals surface area contributed by atoms with Crippen LogP contribution in [0.2, 0.25) is 0 Å². The van der Waals surface area contributed by atoms with Crippen LogP contribution in [0.4, 0.5) is 5.88 Å². The summed E-state index contributed by atoms with van der Waals surface area (Å²) < 4.78 is 5.31. The second-order valence-electron chi connectivity index (χ2n) is 3.57. The molecule has 0 saturated carbocycles. The molecule has 0 aliphatic rings. The molecule has 1 heterocycles. The monoisotopic (exact) mass is 258 g/mol. The minimum Gasteiger partial charge on any atom is -0.445 e. The number of amides is 2. The van der Waals surface area contributed by atoms with Crippen molar-refractivity contribution in [1.29, 1.82) is 0 Å². The van der Waals surface area contributed by atoms with E-state index in [2.05, 4.69) is 5.32 Å². The standard InChI is InChI=1S/C11H15ClN2O3/c1-8-3-4-11(17-8)14(2)10(16)5-6-13-9(15)7-12/h3-4H,5-7H2,1-2H3,(H,13,15). The summed E-state index contributed by atoms with van der Waals surface area (Å²) in [5.41, 5.74) is 0. The second-order valence-corrected chi connectivity index (χ2v) is 3.84. The normalized spacial score (nSPS) is 10.1. The molecule has 0 aromatic carbocycles. The highest BCUT2D eigenvalue weighted by Gasteiger charge is 2.13. The lowest BCUT2D eigenvalue weighted by Gasteiger charge is -2.13. The van der Waals surface area contributed by atoms with E-state index < -0.39 is 0 Å². The number of nitrogens with zero attached hydrogens (tertiary/aromatic N) is 1. The Balaban J connectivity index is 2.40. The van der Waals surface area contributed by atoms with E-state index in [-0.39, 0.29) is 30.7 Å². The Bertz CT molecular complexity index is 403. The summed E-state index contributed by atoms with van der Waals surface area (Å²) in [5.74, 6) is 0.734. The Morgan fingerprint density at radius 2 is 2.18 bits per heavy atom. The van der Waals surface area contributed by atoms with Gasteiger partial charge in [-0.15, -0.1) is 11.6 Å². The number of carbonyl (C=O) groups excluding carboxylic acids is 2. The Labute approximate surface area is 105 Å². The maximum Gasteiger partial charge on any atom is 0.234 e. The van der Waals surface area contributed by atoms with Crippen molar-refractivity contribution >= 4 is 29.3 Å². The van der Waals surface area contributed by atoms with Crippen LogP contribution in [0.1, 0.15) is 12.2 Å². The zero-order chi connectivity index (χ0) is 12.8. The van der Waals surface area contributed by atoms with Crippen molar-refractivity contribution in [2.45, 2.75) is 13.3 Å². The molecule has 0 unspecified atom stereocenters. The van der Waals surface area contributed by atoms with E-state index in [9.17, 15) is 9.59 Å². The van der Waals surface area contributed by atoms with Crippen LogP contribution in [0, 0.1) is 6.92 Å². The molecular weight excluding hydrogens is 244 g/mol. The van der Waals surface area contributed by atoms with Gasteiger partial charge in [0.15, 0.2) is 0 Å². The molecule has 2 amide bonds. The summed E-state index contributed by atoms with van der Waals surface area (Å²) in [6.07, 6.45) is 0.207. The van der Waals surface area contributed by atoms with Gasteiger partial charge in [0.05, 0.1) is 0 Å². The minimum atomic E-state index is -0.282. The van der Waals surface area contributed by atoms with Crippen molar-refractivity contribution in [2.75, 3.05) is 24.4 Å². The van der Waals surface area contributed by atoms with Crippen molar-refractivity contribution in [3.63, 3.8) is 0 Å². The highest BCUT2D eigenvalue weighted by molar-refractivity contribution is 6.27. The molecule has 0 bridgehead atoms. The molecule has 5 nitrogen and oxygen atoms in total. The third-order valence-corrected chi connectivity index (χ3v) is 2.46. The number of alkyl halides is 1. The fourth-order valence-corrected chi connectivity index (χ4v) is 1.34. The predicted octanol–water partition coefficient (Wildman–Crippen LogP) is 1.30. The van der Waals surface area contributed by atoms with Crippen LogP contribution in [-0.2, 0) is 9.59 Å². The van der Waals surface area contributed by atoms with Gasteiger partial charge in [0, 0.05) is 26.1 Å². The molecule has 0 spiro atoms. The summed E-state index contributed by atoms with van der Waals surface area (Å²) in [6, 6.07) is 3.51. The first-order valence-corrected chi connectivity index (χ1v) is 5.73. The number of hydrogen-bond donors (Lipinski definition) is 1. The van der Waals surface area contributed by atoms with E-state index in [1.165, 1.54) is 4.90 Å². The molecule has 17 heavy (non-hydrogen) atoms. The maximum atomic E-state index is 11.7. The lowest BCUT2D eigenvalue weighted by Crippen LogP contribution is -2.32. The van der Waals surface area contributed by atoms with Crippen LogP contribution in [0.15, 0.2) is 16.5 Å². The first-order valence-electron chi connectivity index (χ1n) is 5.20. The average molecular weight is 259 g/mol. The number of nitrogens with one attached hydrogen (secondary N) is 1. The van der Waals surface area contributed by atoms with Crippen molar-refractivity contribution < 1.29 is 14.0 Å². The van der Waals surface area contributed by atoms with Crippen LogP contribution < -0.4 is 10.2 Å². The van der Waals surface area contributed by atoms with Gasteiger partial charge in [-0.25, -0.2) is 0 Å². The van der Waals surface area contributed by atoms with Crippen LogP contribution >= 0.6 is 11.6 Å². The molecule has 1 rings (SSSR count). The number of furan rings is 1. The summed E-state index contributed by atoms with van der Waals surface area (Å²) in [5, 5.41) is 2.53. The highest BCUT2D eigenvalue weighted by Crippen LogP contribution is 2.16. The van der Waals surface area contributed by atoms with Crippen LogP contribution in [0.3, 0.4) is 0 Å². The first-order chi connectivity index (χ1) is 8.04. The van der Waals surface area contributed by atoms with E-state index in [1.54, 1.807) is 19.2 Å². The fourth-order valence-electron chi connectivity index (χ4n) is 1.25. The smallest absolute Gasteiger partial charge is 0.234 e. The van der Waals surface area contributed by atoms with Gasteiger partial charge >= 0.3 is 0 Å². The molecule has 0 aliphatic heterocycles. The Kier molecular flexibility index (Phi) is 5.03. The Morgan fingerprint density at radius 1 is 1.47 bits per heavy atom. The van der Waals surface area contributed by atoms with Gasteiger partial charge in [-0.3, -0.25) is 14.5 Å². The molecule has 1 N–H and O–H groups in total. The molecule has 0 aliphatic carbocycles. The Morgan fingerprint density at radius 3 is 2.71 bits per heavy atom. The predicted molar refractivity (Wildman–Crippen MR) is 65.2 cm³/mol. The van der Waals surface area contributed by atoms with Crippen molar-refractivity contribution in [2.24, 2.45) is 0 Å². The van der Waals surface area contributed by atoms with E-state index in [4.69, 9.17) is 16.0 Å². The van der Waals surface area contributed by atoms with Crippen molar-refractivity contribution in [3.8, 4) is 0 Å². The third kappa shape index (κ3) is 4.11. The summed E-state index contributed by atoms with van der Waals surface area (Å²) in [7, 11) is 1.63. The molecule has 0 fully saturated rings. The molecule has 1 aromatic rings. The SMILES string of the molecule is Cc1ccc(N(C)C(=O)CCNC(=O)CCl)o1. The lowest BCUT2D eigenvalue weighted by molar-refractivity contribution is -0.119. The van der Waals surface area contributed by atoms with Crippen LogP contribution in [0.5, 0.6) is 0 Å². The minimum absolute atomic E-state index is 0.0958. The van der Waals surface area contributed by atoms with Gasteiger partial charge in [0.25, 0.3) is 0 Å².